The number of halogens is 1. The van der Waals surface area contributed by atoms with Gasteiger partial charge in [0.1, 0.15) is 0 Å². The van der Waals surface area contributed by atoms with Gasteiger partial charge in [-0.25, -0.2) is 4.79 Å². The molecule has 5 nitrogen and oxygen atoms in total. The summed E-state index contributed by atoms with van der Waals surface area (Å²) in [4.78, 5) is 14.0. The SMILES string of the molecule is CCOC(=O)/C(=N\Nc1ccc(Cl)cc1)N1CCCCC1. The largest absolute Gasteiger partial charge is 0.460 e. The number of esters is 1. The van der Waals surface area contributed by atoms with Crippen molar-refractivity contribution in [2.45, 2.75) is 26.2 Å². The summed E-state index contributed by atoms with van der Waals surface area (Å²) in [5.41, 5.74) is 3.67. The number of hydrogen-bond acceptors (Lipinski definition) is 4. The zero-order valence-corrected chi connectivity index (χ0v) is 12.9. The van der Waals surface area contributed by atoms with E-state index < -0.39 is 0 Å². The molecule has 0 radical (unpaired) electrons. The number of nitrogens with zero attached hydrogens (tertiary/aromatic N) is 2. The van der Waals surface area contributed by atoms with E-state index in [4.69, 9.17) is 16.3 Å². The molecule has 0 bridgehead atoms. The van der Waals surface area contributed by atoms with Crippen LogP contribution in [0.5, 0.6) is 0 Å². The van der Waals surface area contributed by atoms with E-state index >= 15 is 0 Å². The number of piperidine rings is 1. The number of rotatable bonds is 3. The van der Waals surface area contributed by atoms with Crippen LogP contribution in [0.25, 0.3) is 0 Å². The Morgan fingerprint density at radius 1 is 1.29 bits per heavy atom. The van der Waals surface area contributed by atoms with Crippen LogP contribution in [0.4, 0.5) is 5.69 Å². The number of hydrogen-bond donors (Lipinski definition) is 1. The first-order valence-electron chi connectivity index (χ1n) is 7.22. The lowest BCUT2D eigenvalue weighted by Gasteiger charge is -2.28. The molecule has 1 N–H and O–H groups in total. The molecule has 1 heterocycles. The van der Waals surface area contributed by atoms with Gasteiger partial charge in [0.05, 0.1) is 12.3 Å². The highest BCUT2D eigenvalue weighted by Crippen LogP contribution is 2.14. The molecular formula is C15H20ClN3O2. The zero-order valence-electron chi connectivity index (χ0n) is 12.1. The summed E-state index contributed by atoms with van der Waals surface area (Å²) in [6.07, 6.45) is 3.33. The van der Waals surface area contributed by atoms with E-state index in [1.165, 1.54) is 6.42 Å². The Morgan fingerprint density at radius 2 is 1.95 bits per heavy atom. The minimum atomic E-state index is -0.388. The summed E-state index contributed by atoms with van der Waals surface area (Å²) < 4.78 is 5.09. The van der Waals surface area contributed by atoms with E-state index in [2.05, 4.69) is 10.5 Å². The normalized spacial score (nSPS) is 15.7. The number of amidine groups is 1. The molecule has 1 saturated heterocycles. The Bertz CT molecular complexity index is 496. The van der Waals surface area contributed by atoms with Gasteiger partial charge in [-0.2, -0.15) is 0 Å². The van der Waals surface area contributed by atoms with Gasteiger partial charge in [-0.15, -0.1) is 5.10 Å². The van der Waals surface area contributed by atoms with Gasteiger partial charge >= 0.3 is 5.97 Å². The number of anilines is 1. The van der Waals surface area contributed by atoms with E-state index in [1.807, 2.05) is 17.0 Å². The molecule has 2 rings (SSSR count). The Labute approximate surface area is 129 Å². The van der Waals surface area contributed by atoms with Crippen LogP contribution in [0, 0.1) is 0 Å². The second-order valence-electron chi connectivity index (χ2n) is 4.82. The molecule has 1 aromatic rings. The first-order valence-corrected chi connectivity index (χ1v) is 7.60. The number of ether oxygens (including phenoxy) is 1. The fraction of sp³-hybridized carbons (Fsp3) is 0.467. The van der Waals surface area contributed by atoms with Crippen LogP contribution in [0.15, 0.2) is 29.4 Å². The fourth-order valence-corrected chi connectivity index (χ4v) is 2.31. The molecule has 0 aromatic heterocycles. The average molecular weight is 310 g/mol. The first-order chi connectivity index (χ1) is 10.2. The molecule has 0 amide bonds. The van der Waals surface area contributed by atoms with Crippen LogP contribution in [0.2, 0.25) is 5.02 Å². The number of hydrazone groups is 1. The van der Waals surface area contributed by atoms with Crippen LogP contribution in [0.1, 0.15) is 26.2 Å². The van der Waals surface area contributed by atoms with Crippen molar-refractivity contribution >= 4 is 29.1 Å². The summed E-state index contributed by atoms with van der Waals surface area (Å²) >= 11 is 5.84. The maximum Gasteiger partial charge on any atom is 0.375 e. The van der Waals surface area contributed by atoms with Gasteiger partial charge in [-0.3, -0.25) is 5.43 Å². The summed E-state index contributed by atoms with van der Waals surface area (Å²) in [6, 6.07) is 7.16. The third kappa shape index (κ3) is 4.63. The predicted octanol–water partition coefficient (Wildman–Crippen LogP) is 3.11. The lowest BCUT2D eigenvalue weighted by Crippen LogP contribution is -2.41. The number of nitrogens with one attached hydrogen (secondary N) is 1. The Morgan fingerprint density at radius 3 is 2.57 bits per heavy atom. The topological polar surface area (TPSA) is 53.9 Å². The van der Waals surface area contributed by atoms with Crippen molar-refractivity contribution < 1.29 is 9.53 Å². The maximum atomic E-state index is 12.1. The van der Waals surface area contributed by atoms with E-state index in [-0.39, 0.29) is 5.97 Å². The van der Waals surface area contributed by atoms with Crippen molar-refractivity contribution in [3.8, 4) is 0 Å². The highest BCUT2D eigenvalue weighted by molar-refractivity contribution is 6.35. The molecular weight excluding hydrogens is 290 g/mol. The van der Waals surface area contributed by atoms with Crippen molar-refractivity contribution in [3.05, 3.63) is 29.3 Å². The Hall–Kier alpha value is -1.75. The quantitative estimate of drug-likeness (QED) is 0.403. The average Bonchev–Trinajstić information content (AvgIpc) is 2.51. The smallest absolute Gasteiger partial charge is 0.375 e. The third-order valence-electron chi connectivity index (χ3n) is 3.25. The first kappa shape index (κ1) is 15.6. The van der Waals surface area contributed by atoms with Crippen LogP contribution in [-0.2, 0) is 9.53 Å². The van der Waals surface area contributed by atoms with E-state index in [0.717, 1.165) is 31.6 Å². The van der Waals surface area contributed by atoms with Crippen molar-refractivity contribution in [2.75, 3.05) is 25.1 Å². The van der Waals surface area contributed by atoms with E-state index in [0.29, 0.717) is 17.5 Å². The van der Waals surface area contributed by atoms with Gasteiger partial charge in [0, 0.05) is 18.1 Å². The van der Waals surface area contributed by atoms with Crippen LogP contribution in [0.3, 0.4) is 0 Å². The number of carbonyl (C=O) groups excluding carboxylic acids is 1. The van der Waals surface area contributed by atoms with Gasteiger partial charge in [0.15, 0.2) is 0 Å². The summed E-state index contributed by atoms with van der Waals surface area (Å²) in [5, 5.41) is 4.90. The summed E-state index contributed by atoms with van der Waals surface area (Å²) in [6.45, 7) is 3.80. The molecule has 6 heteroatoms. The fourth-order valence-electron chi connectivity index (χ4n) is 2.19. The molecule has 114 valence electrons. The van der Waals surface area contributed by atoms with Crippen molar-refractivity contribution in [1.29, 1.82) is 0 Å². The minimum Gasteiger partial charge on any atom is -0.460 e. The predicted molar refractivity (Wildman–Crippen MR) is 84.6 cm³/mol. The van der Waals surface area contributed by atoms with Gasteiger partial charge in [0.25, 0.3) is 0 Å². The molecule has 0 spiro atoms. The van der Waals surface area contributed by atoms with Gasteiger partial charge in [-0.1, -0.05) is 11.6 Å². The lowest BCUT2D eigenvalue weighted by molar-refractivity contribution is -0.136. The molecule has 0 aliphatic carbocycles. The van der Waals surface area contributed by atoms with Crippen LogP contribution >= 0.6 is 11.6 Å². The van der Waals surface area contributed by atoms with Crippen LogP contribution in [-0.4, -0.2) is 36.4 Å². The molecule has 0 atom stereocenters. The van der Waals surface area contributed by atoms with E-state index in [9.17, 15) is 4.79 Å². The maximum absolute atomic E-state index is 12.1. The Kier molecular flexibility index (Phi) is 5.87. The summed E-state index contributed by atoms with van der Waals surface area (Å²) in [5.74, 6) is -0.0487. The second-order valence-corrected chi connectivity index (χ2v) is 5.26. The van der Waals surface area contributed by atoms with Crippen molar-refractivity contribution in [1.82, 2.24) is 4.90 Å². The summed E-state index contributed by atoms with van der Waals surface area (Å²) in [7, 11) is 0. The van der Waals surface area contributed by atoms with Crippen LogP contribution < -0.4 is 5.43 Å². The third-order valence-corrected chi connectivity index (χ3v) is 3.50. The molecule has 1 aliphatic heterocycles. The minimum absolute atomic E-state index is 0.339. The molecule has 0 saturated carbocycles. The van der Waals surface area contributed by atoms with Crippen molar-refractivity contribution in [3.63, 3.8) is 0 Å². The van der Waals surface area contributed by atoms with Gasteiger partial charge in [0.2, 0.25) is 5.84 Å². The molecule has 21 heavy (non-hydrogen) atoms. The standard InChI is InChI=1S/C15H20ClN3O2/c1-2-21-15(20)14(19-10-4-3-5-11-19)18-17-13-8-6-12(16)7-9-13/h6-9,17H,2-5,10-11H2,1H3/b18-14+. The molecule has 1 aromatic carbocycles. The number of carbonyl (C=O) groups is 1. The second kappa shape index (κ2) is 7.88. The number of benzene rings is 1. The number of likely N-dealkylation sites (tertiary alicyclic amines) is 1. The lowest BCUT2D eigenvalue weighted by atomic mass is 10.1. The Balaban J connectivity index is 2.11. The van der Waals surface area contributed by atoms with E-state index in [1.54, 1.807) is 19.1 Å². The molecule has 0 unspecified atom stereocenters. The highest BCUT2D eigenvalue weighted by Gasteiger charge is 2.22. The zero-order chi connectivity index (χ0) is 15.1. The van der Waals surface area contributed by atoms with Crippen molar-refractivity contribution in [2.24, 2.45) is 5.10 Å². The van der Waals surface area contributed by atoms with Gasteiger partial charge in [-0.05, 0) is 50.5 Å². The molecule has 1 fully saturated rings. The molecule has 1 aliphatic rings. The van der Waals surface area contributed by atoms with Gasteiger partial charge < -0.3 is 9.64 Å². The highest BCUT2D eigenvalue weighted by atomic mass is 35.5. The monoisotopic (exact) mass is 309 g/mol.